The second kappa shape index (κ2) is 10.6. The first-order valence-corrected chi connectivity index (χ1v) is 10.4. The third-order valence-electron chi connectivity index (χ3n) is 3.99. The van der Waals surface area contributed by atoms with Crippen LogP contribution in [0.2, 0.25) is 5.02 Å². The molecule has 1 atom stereocenters. The smallest absolute Gasteiger partial charge is 0.242 e. The Bertz CT molecular complexity index is 666. The molecule has 7 heteroatoms. The van der Waals surface area contributed by atoms with Crippen LogP contribution >= 0.6 is 23.4 Å². The van der Waals surface area contributed by atoms with Crippen molar-refractivity contribution in [2.24, 2.45) is 4.99 Å². The van der Waals surface area contributed by atoms with E-state index in [9.17, 15) is 9.59 Å². The molecule has 2 amide bonds. The SMILES string of the molecule is CCCCN=C1SC(CC(=O)Nc2cccc(Cl)c2)C(=O)N1CCCC. The van der Waals surface area contributed by atoms with Crippen molar-refractivity contribution in [1.29, 1.82) is 0 Å². The van der Waals surface area contributed by atoms with E-state index in [1.165, 1.54) is 11.8 Å². The maximum absolute atomic E-state index is 12.7. The molecule has 1 unspecified atom stereocenters. The van der Waals surface area contributed by atoms with Gasteiger partial charge in [0.25, 0.3) is 0 Å². The fourth-order valence-electron chi connectivity index (χ4n) is 2.56. The van der Waals surface area contributed by atoms with Gasteiger partial charge in [-0.15, -0.1) is 0 Å². The van der Waals surface area contributed by atoms with E-state index in [-0.39, 0.29) is 18.2 Å². The van der Waals surface area contributed by atoms with Crippen LogP contribution in [0.15, 0.2) is 29.3 Å². The molecule has 1 fully saturated rings. The van der Waals surface area contributed by atoms with Crippen LogP contribution in [0.25, 0.3) is 0 Å². The van der Waals surface area contributed by atoms with Gasteiger partial charge in [0.2, 0.25) is 11.8 Å². The number of hydrogen-bond donors (Lipinski definition) is 1. The van der Waals surface area contributed by atoms with Gasteiger partial charge in [0.1, 0.15) is 5.25 Å². The average molecular weight is 396 g/mol. The molecule has 0 spiro atoms. The van der Waals surface area contributed by atoms with Crippen molar-refractivity contribution in [3.05, 3.63) is 29.3 Å². The Morgan fingerprint density at radius 3 is 2.77 bits per heavy atom. The van der Waals surface area contributed by atoms with Gasteiger partial charge in [-0.1, -0.05) is 56.1 Å². The Morgan fingerprint density at radius 1 is 1.31 bits per heavy atom. The van der Waals surface area contributed by atoms with Gasteiger partial charge >= 0.3 is 0 Å². The number of nitrogens with one attached hydrogen (secondary N) is 1. The van der Waals surface area contributed by atoms with Crippen LogP contribution in [0.1, 0.15) is 46.0 Å². The molecule has 26 heavy (non-hydrogen) atoms. The Morgan fingerprint density at radius 2 is 2.08 bits per heavy atom. The standard InChI is InChI=1S/C19H26ClN3O2S/c1-3-5-10-21-19-23(11-6-4-2)18(25)16(26-19)13-17(24)22-15-9-7-8-14(20)12-15/h7-9,12,16H,3-6,10-11,13H2,1-2H3,(H,22,24). The lowest BCUT2D eigenvalue weighted by atomic mass is 10.2. The monoisotopic (exact) mass is 395 g/mol. The minimum atomic E-state index is -0.411. The van der Waals surface area contributed by atoms with Crippen molar-refractivity contribution >= 4 is 46.0 Å². The number of aliphatic imine (C=N–C) groups is 1. The first kappa shape index (κ1) is 20.8. The van der Waals surface area contributed by atoms with Gasteiger partial charge in [-0.25, -0.2) is 0 Å². The largest absolute Gasteiger partial charge is 0.326 e. The zero-order valence-electron chi connectivity index (χ0n) is 15.3. The highest BCUT2D eigenvalue weighted by molar-refractivity contribution is 8.15. The van der Waals surface area contributed by atoms with E-state index in [4.69, 9.17) is 11.6 Å². The quantitative estimate of drug-likeness (QED) is 0.623. The zero-order valence-corrected chi connectivity index (χ0v) is 16.9. The molecular formula is C19H26ClN3O2S. The minimum Gasteiger partial charge on any atom is -0.326 e. The molecule has 1 aliphatic rings. The van der Waals surface area contributed by atoms with Crippen LogP contribution in [0.3, 0.4) is 0 Å². The molecule has 142 valence electrons. The highest BCUT2D eigenvalue weighted by Crippen LogP contribution is 2.30. The van der Waals surface area contributed by atoms with Gasteiger partial charge in [-0.2, -0.15) is 0 Å². The van der Waals surface area contributed by atoms with Gasteiger partial charge in [0.15, 0.2) is 5.17 Å². The molecule has 1 aromatic carbocycles. The third kappa shape index (κ3) is 6.02. The lowest BCUT2D eigenvalue weighted by molar-refractivity contribution is -0.128. The Hall–Kier alpha value is -1.53. The Labute approximate surface area is 164 Å². The number of thioether (sulfide) groups is 1. The number of carbonyl (C=O) groups is 2. The number of carbonyl (C=O) groups excluding carboxylic acids is 2. The summed E-state index contributed by atoms with van der Waals surface area (Å²) in [4.78, 5) is 31.4. The fraction of sp³-hybridized carbons (Fsp3) is 0.526. The number of amidine groups is 1. The number of halogens is 1. The Kier molecular flexibility index (Phi) is 8.45. The molecule has 0 radical (unpaired) electrons. The molecular weight excluding hydrogens is 370 g/mol. The summed E-state index contributed by atoms with van der Waals surface area (Å²) >= 11 is 7.35. The fourth-order valence-corrected chi connectivity index (χ4v) is 3.94. The van der Waals surface area contributed by atoms with E-state index in [1.54, 1.807) is 29.2 Å². The van der Waals surface area contributed by atoms with E-state index in [2.05, 4.69) is 24.2 Å². The second-order valence-electron chi connectivity index (χ2n) is 6.23. The predicted octanol–water partition coefficient (Wildman–Crippen LogP) is 4.57. The molecule has 0 bridgehead atoms. The highest BCUT2D eigenvalue weighted by atomic mass is 35.5. The minimum absolute atomic E-state index is 0.0139. The normalized spacial score (nSPS) is 18.6. The molecule has 1 N–H and O–H groups in total. The summed E-state index contributed by atoms with van der Waals surface area (Å²) < 4.78 is 0. The van der Waals surface area contributed by atoms with Crippen LogP contribution in [-0.2, 0) is 9.59 Å². The van der Waals surface area contributed by atoms with E-state index >= 15 is 0 Å². The highest BCUT2D eigenvalue weighted by Gasteiger charge is 2.38. The lowest BCUT2D eigenvalue weighted by Crippen LogP contribution is -2.34. The van der Waals surface area contributed by atoms with Gasteiger partial charge < -0.3 is 5.32 Å². The number of anilines is 1. The summed E-state index contributed by atoms with van der Waals surface area (Å²) in [6.07, 6.45) is 4.14. The van der Waals surface area contributed by atoms with Gasteiger partial charge in [-0.05, 0) is 31.0 Å². The number of benzene rings is 1. The zero-order chi connectivity index (χ0) is 18.9. The molecule has 0 aliphatic carbocycles. The van der Waals surface area contributed by atoms with Crippen molar-refractivity contribution in [3.8, 4) is 0 Å². The van der Waals surface area contributed by atoms with Gasteiger partial charge in [0, 0.05) is 30.2 Å². The van der Waals surface area contributed by atoms with E-state index in [0.29, 0.717) is 17.3 Å². The maximum Gasteiger partial charge on any atom is 0.242 e. The summed E-state index contributed by atoms with van der Waals surface area (Å²) in [5, 5.41) is 3.72. The van der Waals surface area contributed by atoms with Crippen molar-refractivity contribution in [2.75, 3.05) is 18.4 Å². The first-order valence-electron chi connectivity index (χ1n) is 9.13. The van der Waals surface area contributed by atoms with Crippen molar-refractivity contribution in [2.45, 2.75) is 51.2 Å². The molecule has 0 aromatic heterocycles. The maximum atomic E-state index is 12.7. The number of hydrogen-bond acceptors (Lipinski definition) is 4. The molecule has 2 rings (SSSR count). The predicted molar refractivity (Wildman–Crippen MR) is 110 cm³/mol. The summed E-state index contributed by atoms with van der Waals surface area (Å²) in [6, 6.07) is 6.99. The molecule has 5 nitrogen and oxygen atoms in total. The van der Waals surface area contributed by atoms with Gasteiger partial charge in [-0.3, -0.25) is 19.5 Å². The summed E-state index contributed by atoms with van der Waals surface area (Å²) in [6.45, 7) is 5.60. The number of nitrogens with zero attached hydrogens (tertiary/aromatic N) is 2. The van der Waals surface area contributed by atoms with Crippen LogP contribution in [0.4, 0.5) is 5.69 Å². The number of unbranched alkanes of at least 4 members (excludes halogenated alkanes) is 2. The van der Waals surface area contributed by atoms with Crippen LogP contribution in [0, 0.1) is 0 Å². The topological polar surface area (TPSA) is 61.8 Å². The average Bonchev–Trinajstić information content (AvgIpc) is 2.88. The summed E-state index contributed by atoms with van der Waals surface area (Å²) in [7, 11) is 0. The van der Waals surface area contributed by atoms with Crippen LogP contribution in [-0.4, -0.2) is 40.2 Å². The Balaban J connectivity index is 2.00. The molecule has 1 saturated heterocycles. The molecule has 0 saturated carbocycles. The van der Waals surface area contributed by atoms with Gasteiger partial charge in [0.05, 0.1) is 0 Å². The lowest BCUT2D eigenvalue weighted by Gasteiger charge is -2.15. The number of amides is 2. The molecule has 1 aliphatic heterocycles. The molecule has 1 aromatic rings. The summed E-state index contributed by atoms with van der Waals surface area (Å²) in [5.41, 5.74) is 0.637. The van der Waals surface area contributed by atoms with Crippen LogP contribution < -0.4 is 5.32 Å². The molecule has 1 heterocycles. The third-order valence-corrected chi connectivity index (χ3v) is 5.44. The van der Waals surface area contributed by atoms with Crippen LogP contribution in [0.5, 0.6) is 0 Å². The van der Waals surface area contributed by atoms with E-state index in [0.717, 1.165) is 37.4 Å². The van der Waals surface area contributed by atoms with Crippen molar-refractivity contribution in [1.82, 2.24) is 4.90 Å². The second-order valence-corrected chi connectivity index (χ2v) is 7.84. The first-order chi connectivity index (χ1) is 12.5. The van der Waals surface area contributed by atoms with Crippen molar-refractivity contribution in [3.63, 3.8) is 0 Å². The van der Waals surface area contributed by atoms with Crippen molar-refractivity contribution < 1.29 is 9.59 Å². The summed E-state index contributed by atoms with van der Waals surface area (Å²) in [5.74, 6) is -0.205. The number of rotatable bonds is 9. The van der Waals surface area contributed by atoms with E-state index < -0.39 is 5.25 Å². The van der Waals surface area contributed by atoms with E-state index in [1.807, 2.05) is 0 Å².